The minimum Gasteiger partial charge on any atom is -0.464 e. The lowest BCUT2D eigenvalue weighted by atomic mass is 10.0. The average molecular weight is 308 g/mol. The summed E-state index contributed by atoms with van der Waals surface area (Å²) < 4.78 is 5.60. The van der Waals surface area contributed by atoms with Crippen LogP contribution in [0.1, 0.15) is 0 Å². The fraction of sp³-hybridized carbons (Fsp3) is 0. The van der Waals surface area contributed by atoms with E-state index in [4.69, 9.17) is 21.7 Å². The van der Waals surface area contributed by atoms with E-state index in [0.29, 0.717) is 5.69 Å². The van der Waals surface area contributed by atoms with Crippen LogP contribution in [0.2, 0.25) is 0 Å². The van der Waals surface area contributed by atoms with Crippen LogP contribution in [0.4, 0.5) is 11.4 Å². The highest BCUT2D eigenvalue weighted by Crippen LogP contribution is 2.33. The van der Waals surface area contributed by atoms with Crippen molar-refractivity contribution in [1.29, 1.82) is 0 Å². The third-order valence-corrected chi connectivity index (χ3v) is 3.28. The highest BCUT2D eigenvalue weighted by molar-refractivity contribution is 5.96. The first kappa shape index (κ1) is 14.6. The summed E-state index contributed by atoms with van der Waals surface area (Å²) in [5, 5.41) is 0.964. The summed E-state index contributed by atoms with van der Waals surface area (Å²) in [4.78, 5) is 8.19. The van der Waals surface area contributed by atoms with Crippen LogP contribution in [0.3, 0.4) is 0 Å². The number of aliphatic imine (C=N–C) groups is 2. The van der Waals surface area contributed by atoms with Crippen molar-refractivity contribution in [2.75, 3.05) is 0 Å². The van der Waals surface area contributed by atoms with Crippen LogP contribution in [0.15, 0.2) is 63.1 Å². The Morgan fingerprint density at radius 2 is 1.78 bits per heavy atom. The molecule has 3 rings (SSSR count). The molecule has 0 atom stereocenters. The second kappa shape index (κ2) is 6.20. The molecule has 0 aliphatic rings. The minimum absolute atomic E-state index is 0.0301. The topological polar surface area (TPSA) is 128 Å². The second-order valence-corrected chi connectivity index (χ2v) is 4.84. The van der Waals surface area contributed by atoms with E-state index >= 15 is 0 Å². The molecule has 0 saturated carbocycles. The van der Waals surface area contributed by atoms with Crippen LogP contribution in [0.5, 0.6) is 0 Å². The third-order valence-electron chi connectivity index (χ3n) is 3.28. The number of hydrazine groups is 1. The number of fused-ring (bicyclic) bond motifs is 1. The number of rotatable bonds is 4. The molecule has 3 aromatic rings. The Balaban J connectivity index is 2.02. The number of nitrogens with zero attached hydrogens (tertiary/aromatic N) is 2. The molecule has 0 amide bonds. The Morgan fingerprint density at radius 3 is 2.48 bits per heavy atom. The van der Waals surface area contributed by atoms with Crippen LogP contribution in [0.25, 0.3) is 22.1 Å². The number of nitrogens with one attached hydrogen (secondary N) is 1. The van der Waals surface area contributed by atoms with Crippen molar-refractivity contribution < 1.29 is 4.42 Å². The molecule has 1 heterocycles. The van der Waals surface area contributed by atoms with Crippen molar-refractivity contribution in [3.8, 4) is 11.1 Å². The van der Waals surface area contributed by atoms with Gasteiger partial charge in [-0.25, -0.2) is 15.8 Å². The number of hydrogen-bond donors (Lipinski definition) is 4. The van der Waals surface area contributed by atoms with Crippen molar-refractivity contribution in [3.05, 3.63) is 48.7 Å². The normalized spacial score (nSPS) is 11.0. The van der Waals surface area contributed by atoms with Gasteiger partial charge < -0.3 is 21.3 Å². The lowest BCUT2D eigenvalue weighted by Gasteiger charge is -2.01. The Morgan fingerprint density at radius 1 is 1.04 bits per heavy atom. The van der Waals surface area contributed by atoms with Crippen molar-refractivity contribution in [2.24, 2.45) is 27.3 Å². The molecular weight excluding hydrogens is 292 g/mol. The molecular formula is C16H16N6O. The van der Waals surface area contributed by atoms with Crippen LogP contribution in [-0.2, 0) is 0 Å². The molecule has 0 unspecified atom stereocenters. The second-order valence-electron chi connectivity index (χ2n) is 4.84. The molecule has 0 saturated heterocycles. The Kier molecular flexibility index (Phi) is 3.94. The molecule has 0 aliphatic heterocycles. The number of nitrogens with two attached hydrogens (primary N) is 3. The fourth-order valence-electron chi connectivity index (χ4n) is 2.30. The van der Waals surface area contributed by atoms with Crippen molar-refractivity contribution >= 4 is 34.6 Å². The van der Waals surface area contributed by atoms with E-state index in [1.165, 1.54) is 6.34 Å². The lowest BCUT2D eigenvalue weighted by Crippen LogP contribution is -2.21. The van der Waals surface area contributed by atoms with E-state index in [1.54, 1.807) is 6.26 Å². The van der Waals surface area contributed by atoms with E-state index in [2.05, 4.69) is 15.4 Å². The monoisotopic (exact) mass is 308 g/mol. The molecule has 0 fully saturated rings. The molecule has 116 valence electrons. The Hall–Kier alpha value is -3.32. The minimum atomic E-state index is 0.0301. The van der Waals surface area contributed by atoms with Gasteiger partial charge >= 0.3 is 0 Å². The largest absolute Gasteiger partial charge is 0.464 e. The van der Waals surface area contributed by atoms with Gasteiger partial charge in [0.1, 0.15) is 11.9 Å². The van der Waals surface area contributed by atoms with Gasteiger partial charge in [0.15, 0.2) is 5.96 Å². The third kappa shape index (κ3) is 3.14. The fourth-order valence-corrected chi connectivity index (χ4v) is 2.30. The zero-order chi connectivity index (χ0) is 16.2. The number of hydrogen-bond acceptors (Lipinski definition) is 4. The van der Waals surface area contributed by atoms with Gasteiger partial charge in [0.25, 0.3) is 0 Å². The first-order valence-corrected chi connectivity index (χ1v) is 6.87. The summed E-state index contributed by atoms with van der Waals surface area (Å²) in [5.74, 6) is 5.22. The maximum atomic E-state index is 5.60. The SMILES string of the molecule is NNC=Nc1ccc2occ(-c3ccc(N=C(N)N)cc3)c2c1. The molecule has 7 heteroatoms. The van der Waals surface area contributed by atoms with Crippen LogP contribution < -0.4 is 22.7 Å². The van der Waals surface area contributed by atoms with Gasteiger partial charge in [-0.05, 0) is 35.9 Å². The lowest BCUT2D eigenvalue weighted by molar-refractivity contribution is 0.617. The first-order valence-electron chi connectivity index (χ1n) is 6.87. The molecule has 7 nitrogen and oxygen atoms in total. The molecule has 0 aliphatic carbocycles. The van der Waals surface area contributed by atoms with Gasteiger partial charge in [-0.1, -0.05) is 12.1 Å². The Bertz CT molecular complexity index is 875. The molecule has 2 aromatic carbocycles. The van der Waals surface area contributed by atoms with Gasteiger partial charge in [0.05, 0.1) is 17.6 Å². The highest BCUT2D eigenvalue weighted by Gasteiger charge is 2.09. The van der Waals surface area contributed by atoms with Gasteiger partial charge in [-0.2, -0.15) is 0 Å². The van der Waals surface area contributed by atoms with Crippen LogP contribution >= 0.6 is 0 Å². The summed E-state index contributed by atoms with van der Waals surface area (Å²) in [5.41, 5.74) is 17.3. The summed E-state index contributed by atoms with van der Waals surface area (Å²) in [7, 11) is 0. The van der Waals surface area contributed by atoms with Crippen LogP contribution in [0, 0.1) is 0 Å². The quantitative estimate of drug-likeness (QED) is 0.254. The summed E-state index contributed by atoms with van der Waals surface area (Å²) in [6.07, 6.45) is 3.14. The van der Waals surface area contributed by atoms with Crippen LogP contribution in [-0.4, -0.2) is 12.3 Å². The van der Waals surface area contributed by atoms with E-state index in [-0.39, 0.29) is 5.96 Å². The smallest absolute Gasteiger partial charge is 0.191 e. The Labute approximate surface area is 132 Å². The summed E-state index contributed by atoms with van der Waals surface area (Å²) in [6, 6.07) is 13.2. The summed E-state index contributed by atoms with van der Waals surface area (Å²) >= 11 is 0. The van der Waals surface area contributed by atoms with Gasteiger partial charge in [-0.3, -0.25) is 0 Å². The van der Waals surface area contributed by atoms with Gasteiger partial charge in [0, 0.05) is 10.9 Å². The molecule has 23 heavy (non-hydrogen) atoms. The predicted molar refractivity (Wildman–Crippen MR) is 92.6 cm³/mol. The number of furan rings is 1. The number of benzene rings is 2. The van der Waals surface area contributed by atoms with Crippen molar-refractivity contribution in [2.45, 2.75) is 0 Å². The first-order chi connectivity index (χ1) is 11.2. The standard InChI is InChI=1S/C16H16N6O/c17-16(18)22-11-3-1-10(2-4-11)14-8-23-15-6-5-12(7-13(14)15)20-9-21-19/h1-9H,19H2,(H,20,21)(H4,17,18,22). The average Bonchev–Trinajstić information content (AvgIpc) is 2.96. The van der Waals surface area contributed by atoms with Crippen molar-refractivity contribution in [1.82, 2.24) is 5.43 Å². The van der Waals surface area contributed by atoms with E-state index < -0.39 is 0 Å². The van der Waals surface area contributed by atoms with Gasteiger partial charge in [-0.15, -0.1) is 0 Å². The summed E-state index contributed by atoms with van der Waals surface area (Å²) in [6.45, 7) is 0. The van der Waals surface area contributed by atoms with Gasteiger partial charge in [0.2, 0.25) is 0 Å². The molecule has 0 radical (unpaired) electrons. The molecule has 0 bridgehead atoms. The highest BCUT2D eigenvalue weighted by atomic mass is 16.3. The maximum Gasteiger partial charge on any atom is 0.191 e. The van der Waals surface area contributed by atoms with Crippen molar-refractivity contribution in [3.63, 3.8) is 0 Å². The molecule has 7 N–H and O–H groups in total. The number of guanidine groups is 1. The zero-order valence-corrected chi connectivity index (χ0v) is 12.2. The van der Waals surface area contributed by atoms with E-state index in [9.17, 15) is 0 Å². The zero-order valence-electron chi connectivity index (χ0n) is 12.2. The maximum absolute atomic E-state index is 5.60. The molecule has 1 aromatic heterocycles. The van der Waals surface area contributed by atoms with E-state index in [0.717, 1.165) is 27.8 Å². The molecule has 0 spiro atoms. The predicted octanol–water partition coefficient (Wildman–Crippen LogP) is 2.13. The van der Waals surface area contributed by atoms with E-state index in [1.807, 2.05) is 42.5 Å².